The van der Waals surface area contributed by atoms with Gasteiger partial charge in [0.2, 0.25) is 5.91 Å². The van der Waals surface area contributed by atoms with Gasteiger partial charge in [-0.2, -0.15) is 0 Å². The quantitative estimate of drug-likeness (QED) is 0.888. The maximum Gasteiger partial charge on any atom is 0.252 e. The van der Waals surface area contributed by atoms with Crippen LogP contribution in [-0.4, -0.2) is 30.6 Å². The Morgan fingerprint density at radius 3 is 2.70 bits per heavy atom. The molecule has 2 amide bonds. The summed E-state index contributed by atoms with van der Waals surface area (Å²) in [6, 6.07) is 4.66. The summed E-state index contributed by atoms with van der Waals surface area (Å²) in [5.74, 6) is -0.780. The molecule has 0 saturated carbocycles. The van der Waals surface area contributed by atoms with E-state index in [1.54, 1.807) is 12.1 Å². The van der Waals surface area contributed by atoms with E-state index in [-0.39, 0.29) is 17.0 Å². The molecule has 3 N–H and O–H groups in total. The van der Waals surface area contributed by atoms with Gasteiger partial charge in [0, 0.05) is 11.6 Å². The number of carbonyl (C=O) groups excluding carboxylic acids is 2. The second-order valence-electron chi connectivity index (χ2n) is 4.56. The van der Waals surface area contributed by atoms with E-state index in [4.69, 9.17) is 33.7 Å². The molecule has 0 aromatic heterocycles. The first-order chi connectivity index (χ1) is 9.47. The van der Waals surface area contributed by atoms with Crippen molar-refractivity contribution in [2.45, 2.75) is 25.0 Å². The van der Waals surface area contributed by atoms with Crippen LogP contribution in [0.2, 0.25) is 10.0 Å². The summed E-state index contributed by atoms with van der Waals surface area (Å²) in [5.41, 5.74) is 5.51. The van der Waals surface area contributed by atoms with Gasteiger partial charge in [-0.1, -0.05) is 23.2 Å². The minimum Gasteiger partial charge on any atom is -0.367 e. The Kier molecular flexibility index (Phi) is 4.86. The number of amides is 2. The molecule has 0 radical (unpaired) electrons. The Balaban J connectivity index is 1.88. The van der Waals surface area contributed by atoms with Crippen LogP contribution in [0.3, 0.4) is 0 Å². The lowest BCUT2D eigenvalue weighted by Crippen LogP contribution is -2.34. The van der Waals surface area contributed by atoms with Crippen LogP contribution in [0.25, 0.3) is 0 Å². The molecule has 1 aromatic carbocycles. The van der Waals surface area contributed by atoms with Gasteiger partial charge in [-0.15, -0.1) is 0 Å². The lowest BCUT2D eigenvalue weighted by atomic mass is 10.1. The summed E-state index contributed by atoms with van der Waals surface area (Å²) in [6.07, 6.45) is 0.498. The zero-order chi connectivity index (χ0) is 14.7. The lowest BCUT2D eigenvalue weighted by Gasteiger charge is -2.13. The summed E-state index contributed by atoms with van der Waals surface area (Å²) in [7, 11) is 0. The molecule has 0 aliphatic carbocycles. The van der Waals surface area contributed by atoms with Crippen molar-refractivity contribution >= 4 is 35.0 Å². The maximum atomic E-state index is 12.0. The van der Waals surface area contributed by atoms with E-state index >= 15 is 0 Å². The molecule has 1 aliphatic heterocycles. The second kappa shape index (κ2) is 6.43. The Morgan fingerprint density at radius 2 is 2.10 bits per heavy atom. The molecule has 7 heteroatoms. The number of halogens is 2. The topological polar surface area (TPSA) is 81.4 Å². The Hall–Kier alpha value is -1.30. The molecule has 20 heavy (non-hydrogen) atoms. The largest absolute Gasteiger partial charge is 0.367 e. The minimum absolute atomic E-state index is 0.206. The van der Waals surface area contributed by atoms with Gasteiger partial charge in [-0.05, 0) is 31.0 Å². The smallest absolute Gasteiger partial charge is 0.252 e. The van der Waals surface area contributed by atoms with E-state index in [2.05, 4.69) is 5.32 Å². The fraction of sp³-hybridized carbons (Fsp3) is 0.385. The minimum atomic E-state index is -0.559. The van der Waals surface area contributed by atoms with Gasteiger partial charge >= 0.3 is 0 Å². The Bertz CT molecular complexity index is 536. The van der Waals surface area contributed by atoms with E-state index in [1.807, 2.05) is 0 Å². The fourth-order valence-electron chi connectivity index (χ4n) is 2.04. The molecule has 1 saturated heterocycles. The van der Waals surface area contributed by atoms with Crippen LogP contribution in [0.15, 0.2) is 18.2 Å². The zero-order valence-electron chi connectivity index (χ0n) is 10.6. The number of ether oxygens (including phenoxy) is 1. The highest BCUT2D eigenvalue weighted by Crippen LogP contribution is 2.22. The summed E-state index contributed by atoms with van der Waals surface area (Å²) >= 11 is 11.7. The molecule has 108 valence electrons. The number of primary amides is 1. The SMILES string of the molecule is NC(=O)C1CCC(CNC(=O)c2ccc(Cl)cc2Cl)O1. The van der Waals surface area contributed by atoms with Crippen LogP contribution >= 0.6 is 23.2 Å². The monoisotopic (exact) mass is 316 g/mol. The number of rotatable bonds is 4. The van der Waals surface area contributed by atoms with Crippen LogP contribution < -0.4 is 11.1 Å². The highest BCUT2D eigenvalue weighted by Gasteiger charge is 2.29. The molecule has 2 unspecified atom stereocenters. The summed E-state index contributed by atoms with van der Waals surface area (Å²) in [4.78, 5) is 22.9. The van der Waals surface area contributed by atoms with Crippen molar-refractivity contribution < 1.29 is 14.3 Å². The molecular weight excluding hydrogens is 303 g/mol. The molecule has 2 atom stereocenters. The predicted octanol–water partition coefficient (Wildman–Crippen LogP) is 1.76. The van der Waals surface area contributed by atoms with Crippen molar-refractivity contribution in [1.82, 2.24) is 5.32 Å². The van der Waals surface area contributed by atoms with Gasteiger partial charge in [0.1, 0.15) is 6.10 Å². The van der Waals surface area contributed by atoms with Gasteiger partial charge in [-0.25, -0.2) is 0 Å². The molecule has 0 bridgehead atoms. The summed E-state index contributed by atoms with van der Waals surface area (Å²) < 4.78 is 5.42. The molecule has 1 aromatic rings. The standard InChI is InChI=1S/C13H14Cl2N2O3/c14-7-1-3-9(10(15)5-7)13(19)17-6-8-2-4-11(20-8)12(16)18/h1,3,5,8,11H,2,4,6H2,(H2,16,18)(H,17,19). The fourth-order valence-corrected chi connectivity index (χ4v) is 2.53. The van der Waals surface area contributed by atoms with Crippen molar-refractivity contribution in [3.8, 4) is 0 Å². The second-order valence-corrected chi connectivity index (χ2v) is 5.40. The summed E-state index contributed by atoms with van der Waals surface area (Å²) in [5, 5.41) is 3.47. The maximum absolute atomic E-state index is 12.0. The molecular formula is C13H14Cl2N2O3. The van der Waals surface area contributed by atoms with Crippen LogP contribution in [0, 0.1) is 0 Å². The van der Waals surface area contributed by atoms with Crippen molar-refractivity contribution in [3.05, 3.63) is 33.8 Å². The number of nitrogens with two attached hydrogens (primary N) is 1. The van der Waals surface area contributed by atoms with Crippen LogP contribution in [-0.2, 0) is 9.53 Å². The number of hydrogen-bond acceptors (Lipinski definition) is 3. The molecule has 1 fully saturated rings. The molecule has 2 rings (SSSR count). The van der Waals surface area contributed by atoms with Crippen LogP contribution in [0.1, 0.15) is 23.2 Å². The van der Waals surface area contributed by atoms with Crippen molar-refractivity contribution in [2.24, 2.45) is 5.73 Å². The van der Waals surface area contributed by atoms with Crippen molar-refractivity contribution in [3.63, 3.8) is 0 Å². The van der Waals surface area contributed by atoms with Crippen LogP contribution in [0.4, 0.5) is 0 Å². The normalized spacial score (nSPS) is 21.7. The summed E-state index contributed by atoms with van der Waals surface area (Å²) in [6.45, 7) is 0.307. The van der Waals surface area contributed by atoms with E-state index in [0.717, 1.165) is 0 Å². The first-order valence-corrected chi connectivity index (χ1v) is 6.91. The molecule has 1 heterocycles. The van der Waals surface area contributed by atoms with E-state index in [9.17, 15) is 9.59 Å². The van der Waals surface area contributed by atoms with Gasteiger partial charge < -0.3 is 15.8 Å². The number of nitrogens with one attached hydrogen (secondary N) is 1. The molecule has 1 aliphatic rings. The Morgan fingerprint density at radius 1 is 1.35 bits per heavy atom. The third-order valence-corrected chi connectivity index (χ3v) is 3.64. The van der Waals surface area contributed by atoms with Crippen molar-refractivity contribution in [2.75, 3.05) is 6.54 Å². The predicted molar refractivity (Wildman–Crippen MR) is 75.9 cm³/mol. The average Bonchev–Trinajstić information content (AvgIpc) is 2.85. The highest BCUT2D eigenvalue weighted by atomic mass is 35.5. The average molecular weight is 317 g/mol. The highest BCUT2D eigenvalue weighted by molar-refractivity contribution is 6.36. The first-order valence-electron chi connectivity index (χ1n) is 6.15. The Labute approximate surface area is 126 Å². The van der Waals surface area contributed by atoms with E-state index in [1.165, 1.54) is 6.07 Å². The number of benzene rings is 1. The zero-order valence-corrected chi connectivity index (χ0v) is 12.1. The third kappa shape index (κ3) is 3.62. The van der Waals surface area contributed by atoms with Gasteiger partial charge in [0.15, 0.2) is 0 Å². The van der Waals surface area contributed by atoms with Gasteiger partial charge in [-0.3, -0.25) is 9.59 Å². The van der Waals surface area contributed by atoms with E-state index < -0.39 is 12.0 Å². The van der Waals surface area contributed by atoms with E-state index in [0.29, 0.717) is 30.0 Å². The molecule has 0 spiro atoms. The van der Waals surface area contributed by atoms with Gasteiger partial charge in [0.25, 0.3) is 5.91 Å². The van der Waals surface area contributed by atoms with Gasteiger partial charge in [0.05, 0.1) is 16.7 Å². The third-order valence-electron chi connectivity index (χ3n) is 3.09. The van der Waals surface area contributed by atoms with Crippen molar-refractivity contribution in [1.29, 1.82) is 0 Å². The molecule has 5 nitrogen and oxygen atoms in total. The number of hydrogen-bond donors (Lipinski definition) is 2. The number of carbonyl (C=O) groups is 2. The first kappa shape index (κ1) is 15.1. The lowest BCUT2D eigenvalue weighted by molar-refractivity contribution is -0.128. The van der Waals surface area contributed by atoms with Crippen LogP contribution in [0.5, 0.6) is 0 Å².